The number of ketones is 1. The molecule has 0 unspecified atom stereocenters. The second-order valence-electron chi connectivity index (χ2n) is 9.16. The predicted octanol–water partition coefficient (Wildman–Crippen LogP) is 5.80. The van der Waals surface area contributed by atoms with E-state index < -0.39 is 28.6 Å². The van der Waals surface area contributed by atoms with Gasteiger partial charge in [-0.05, 0) is 47.7 Å². The predicted molar refractivity (Wildman–Crippen MR) is 137 cm³/mol. The minimum absolute atomic E-state index is 0.0656. The molecule has 1 heterocycles. The molecule has 180 valence electrons. The van der Waals surface area contributed by atoms with Crippen molar-refractivity contribution in [3.8, 4) is 0 Å². The first-order chi connectivity index (χ1) is 16.5. The molecule has 8 heteroatoms. The second kappa shape index (κ2) is 9.36. The zero-order valence-corrected chi connectivity index (χ0v) is 21.2. The molecule has 3 aromatic carbocycles. The Morgan fingerprint density at radius 3 is 2.57 bits per heavy atom. The van der Waals surface area contributed by atoms with Gasteiger partial charge in [0.1, 0.15) is 0 Å². The Morgan fingerprint density at radius 2 is 1.89 bits per heavy atom. The van der Waals surface area contributed by atoms with Crippen LogP contribution in [0.4, 0.5) is 11.4 Å². The van der Waals surface area contributed by atoms with Gasteiger partial charge < -0.3 is 10.0 Å². The van der Waals surface area contributed by atoms with E-state index in [1.54, 1.807) is 18.2 Å². The number of rotatable bonds is 7. The van der Waals surface area contributed by atoms with Crippen LogP contribution in [0.15, 0.2) is 65.1 Å². The topological polar surface area (TPSA) is 101 Å². The lowest BCUT2D eigenvalue weighted by Gasteiger charge is -2.24. The minimum Gasteiger partial charge on any atom is -0.375 e. The highest BCUT2D eigenvalue weighted by Crippen LogP contribution is 2.45. The molecule has 1 N–H and O–H groups in total. The molecule has 0 aromatic heterocycles. The van der Waals surface area contributed by atoms with E-state index in [2.05, 4.69) is 41.9 Å². The van der Waals surface area contributed by atoms with Gasteiger partial charge in [0.05, 0.1) is 23.6 Å². The summed E-state index contributed by atoms with van der Waals surface area (Å²) in [6.07, 6.45) is -0.530. The average Bonchev–Trinajstić information content (AvgIpc) is 3.01. The summed E-state index contributed by atoms with van der Waals surface area (Å²) in [5.74, 6) is -0.842. The molecule has 1 aliphatic rings. The number of benzene rings is 3. The summed E-state index contributed by atoms with van der Waals surface area (Å²) in [5.41, 5.74) is 1.71. The van der Waals surface area contributed by atoms with Crippen molar-refractivity contribution in [1.29, 1.82) is 0 Å². The van der Waals surface area contributed by atoms with Crippen molar-refractivity contribution in [2.75, 3.05) is 4.90 Å². The molecule has 0 spiro atoms. The molecule has 1 aliphatic heterocycles. The summed E-state index contributed by atoms with van der Waals surface area (Å²) in [7, 11) is 0. The molecular weight excluding hydrogens is 512 g/mol. The first kappa shape index (κ1) is 24.8. The number of anilines is 1. The molecule has 3 aromatic rings. The van der Waals surface area contributed by atoms with Crippen LogP contribution in [0.5, 0.6) is 0 Å². The van der Waals surface area contributed by atoms with E-state index in [-0.39, 0.29) is 17.8 Å². The SMILES string of the molecule is Cc1ccc(C(C)C)cc1CN1C(=O)[C@](O)(CC(=O)c2cccc([N+](=O)[O-])c2)c2cc(Br)ccc21. The van der Waals surface area contributed by atoms with Crippen LogP contribution in [0, 0.1) is 17.0 Å². The number of amides is 1. The van der Waals surface area contributed by atoms with Gasteiger partial charge in [0, 0.05) is 27.7 Å². The number of Topliss-reactive ketones (excluding diaryl/α,β-unsaturated/α-hetero) is 1. The first-order valence-corrected chi connectivity index (χ1v) is 12.0. The first-order valence-electron chi connectivity index (χ1n) is 11.2. The third-order valence-electron chi connectivity index (χ3n) is 6.46. The van der Waals surface area contributed by atoms with E-state index in [9.17, 15) is 24.8 Å². The van der Waals surface area contributed by atoms with E-state index in [1.165, 1.54) is 23.1 Å². The maximum absolute atomic E-state index is 13.7. The van der Waals surface area contributed by atoms with Crippen molar-refractivity contribution in [3.05, 3.63) is 103 Å². The number of non-ortho nitro benzene ring substituents is 1. The van der Waals surface area contributed by atoms with Crippen molar-refractivity contribution < 1.29 is 19.6 Å². The molecule has 1 atom stereocenters. The lowest BCUT2D eigenvalue weighted by molar-refractivity contribution is -0.384. The van der Waals surface area contributed by atoms with Crippen LogP contribution in [0.1, 0.15) is 58.8 Å². The van der Waals surface area contributed by atoms with Gasteiger partial charge in [0.2, 0.25) is 0 Å². The van der Waals surface area contributed by atoms with Gasteiger partial charge in [0.25, 0.3) is 11.6 Å². The van der Waals surface area contributed by atoms with Gasteiger partial charge in [-0.15, -0.1) is 0 Å². The van der Waals surface area contributed by atoms with Crippen molar-refractivity contribution in [1.82, 2.24) is 0 Å². The number of nitrogens with zero attached hydrogens (tertiary/aromatic N) is 2. The Labute approximate surface area is 211 Å². The number of halogens is 1. The molecule has 35 heavy (non-hydrogen) atoms. The molecule has 4 rings (SSSR count). The highest BCUT2D eigenvalue weighted by molar-refractivity contribution is 9.10. The normalized spacial score (nSPS) is 17.1. The maximum atomic E-state index is 13.7. The minimum atomic E-state index is -2.09. The van der Waals surface area contributed by atoms with Crippen LogP contribution < -0.4 is 4.90 Å². The monoisotopic (exact) mass is 536 g/mol. The van der Waals surface area contributed by atoms with Crippen LogP contribution in [0.25, 0.3) is 0 Å². The molecule has 0 radical (unpaired) electrons. The largest absolute Gasteiger partial charge is 0.375 e. The number of nitro benzene ring substituents is 1. The number of aryl methyl sites for hydroxylation is 1. The molecule has 0 aliphatic carbocycles. The Kier molecular flexibility index (Phi) is 6.62. The molecule has 0 saturated carbocycles. The van der Waals surface area contributed by atoms with Crippen LogP contribution in [0.3, 0.4) is 0 Å². The standard InChI is InChI=1S/C27H25BrN2O5/c1-16(2)18-8-7-17(3)20(11-18)15-29-24-10-9-21(28)13-23(24)27(33,26(29)32)14-25(31)19-5-4-6-22(12-19)30(34)35/h4-13,16,33H,14-15H2,1-3H3/t27-/m0/s1. The van der Waals surface area contributed by atoms with Gasteiger partial charge in [0.15, 0.2) is 11.4 Å². The van der Waals surface area contributed by atoms with E-state index in [1.807, 2.05) is 13.0 Å². The van der Waals surface area contributed by atoms with Crippen LogP contribution in [-0.2, 0) is 16.9 Å². The second-order valence-corrected chi connectivity index (χ2v) is 10.1. The average molecular weight is 537 g/mol. The summed E-state index contributed by atoms with van der Waals surface area (Å²) in [4.78, 5) is 38.8. The molecule has 0 saturated heterocycles. The molecule has 0 fully saturated rings. The Hall–Kier alpha value is -3.36. The number of hydrogen-bond donors (Lipinski definition) is 1. The van der Waals surface area contributed by atoms with E-state index in [4.69, 9.17) is 0 Å². The van der Waals surface area contributed by atoms with Gasteiger partial charge in [-0.2, -0.15) is 0 Å². The van der Waals surface area contributed by atoms with Gasteiger partial charge in [-0.3, -0.25) is 19.7 Å². The fourth-order valence-corrected chi connectivity index (χ4v) is 4.73. The summed E-state index contributed by atoms with van der Waals surface area (Å²) in [6, 6.07) is 16.6. The Bertz CT molecular complexity index is 1350. The highest BCUT2D eigenvalue weighted by atomic mass is 79.9. The smallest absolute Gasteiger partial charge is 0.270 e. The van der Waals surface area contributed by atoms with Gasteiger partial charge in [-0.25, -0.2) is 0 Å². The quantitative estimate of drug-likeness (QED) is 0.233. The summed E-state index contributed by atoms with van der Waals surface area (Å²) < 4.78 is 0.658. The fraction of sp³-hybridized carbons (Fsp3) is 0.259. The lowest BCUT2D eigenvalue weighted by Crippen LogP contribution is -2.41. The van der Waals surface area contributed by atoms with E-state index in [0.29, 0.717) is 21.6 Å². The van der Waals surface area contributed by atoms with Crippen LogP contribution >= 0.6 is 15.9 Å². The lowest BCUT2D eigenvalue weighted by atomic mass is 9.88. The van der Waals surface area contributed by atoms with Crippen molar-refractivity contribution >= 4 is 39.0 Å². The van der Waals surface area contributed by atoms with Gasteiger partial charge in [-0.1, -0.05) is 60.1 Å². The van der Waals surface area contributed by atoms with Crippen molar-refractivity contribution in [2.45, 2.75) is 45.3 Å². The summed E-state index contributed by atoms with van der Waals surface area (Å²) in [6.45, 7) is 6.41. The fourth-order valence-electron chi connectivity index (χ4n) is 4.37. The van der Waals surface area contributed by atoms with Crippen LogP contribution in [-0.4, -0.2) is 21.7 Å². The molecule has 1 amide bonds. The Balaban J connectivity index is 1.72. The number of carbonyl (C=O) groups is 2. The van der Waals surface area contributed by atoms with Crippen molar-refractivity contribution in [2.24, 2.45) is 0 Å². The zero-order valence-electron chi connectivity index (χ0n) is 19.6. The number of nitro groups is 1. The van der Waals surface area contributed by atoms with Crippen molar-refractivity contribution in [3.63, 3.8) is 0 Å². The van der Waals surface area contributed by atoms with Crippen LogP contribution in [0.2, 0.25) is 0 Å². The number of hydrogen-bond acceptors (Lipinski definition) is 5. The third-order valence-corrected chi connectivity index (χ3v) is 6.95. The highest BCUT2D eigenvalue weighted by Gasteiger charge is 2.51. The summed E-state index contributed by atoms with van der Waals surface area (Å²) in [5, 5.41) is 22.8. The van der Waals surface area contributed by atoms with E-state index >= 15 is 0 Å². The summed E-state index contributed by atoms with van der Waals surface area (Å²) >= 11 is 3.40. The third kappa shape index (κ3) is 4.63. The maximum Gasteiger partial charge on any atom is 0.270 e. The molecule has 0 bridgehead atoms. The molecular formula is C27H25BrN2O5. The number of carbonyl (C=O) groups excluding carboxylic acids is 2. The van der Waals surface area contributed by atoms with Gasteiger partial charge >= 0.3 is 0 Å². The zero-order chi connectivity index (χ0) is 25.5. The Morgan fingerprint density at radius 1 is 1.14 bits per heavy atom. The number of fused-ring (bicyclic) bond motifs is 1. The van der Waals surface area contributed by atoms with E-state index in [0.717, 1.165) is 22.8 Å². The number of aliphatic hydroxyl groups is 1. The molecule has 7 nitrogen and oxygen atoms in total.